The third-order valence-corrected chi connectivity index (χ3v) is 4.80. The molecule has 2 rings (SSSR count). The molecule has 158 valence electrons. The number of aliphatic hydroxyl groups excluding tert-OH is 1. The second-order valence-corrected chi connectivity index (χ2v) is 7.74. The summed E-state index contributed by atoms with van der Waals surface area (Å²) < 4.78 is 0. The number of aliphatic carboxylic acids is 1. The van der Waals surface area contributed by atoms with Gasteiger partial charge in [0.05, 0.1) is 6.61 Å². The Morgan fingerprint density at radius 2 is 1.69 bits per heavy atom. The molecule has 0 spiro atoms. The summed E-state index contributed by atoms with van der Waals surface area (Å²) in [7, 11) is 0. The normalized spacial score (nSPS) is 14.4. The van der Waals surface area contributed by atoms with Crippen LogP contribution in [0.15, 0.2) is 30.5 Å². The number of rotatable bonds is 10. The topological polar surface area (TPSA) is 132 Å². The lowest BCUT2D eigenvalue weighted by atomic mass is 9.97. The fourth-order valence-electron chi connectivity index (χ4n) is 3.32. The molecule has 1 aromatic heterocycles. The van der Waals surface area contributed by atoms with E-state index in [0.29, 0.717) is 12.3 Å². The third kappa shape index (κ3) is 6.05. The first-order valence-corrected chi connectivity index (χ1v) is 9.72. The van der Waals surface area contributed by atoms with E-state index in [4.69, 9.17) is 5.11 Å². The van der Waals surface area contributed by atoms with E-state index in [9.17, 15) is 19.5 Å². The number of carboxylic acid groups (broad SMARTS) is 1. The Morgan fingerprint density at radius 3 is 2.31 bits per heavy atom. The number of para-hydroxylation sites is 1. The lowest BCUT2D eigenvalue weighted by Crippen LogP contribution is -2.54. The van der Waals surface area contributed by atoms with Crippen LogP contribution in [0.3, 0.4) is 0 Å². The van der Waals surface area contributed by atoms with E-state index in [1.54, 1.807) is 13.1 Å². The summed E-state index contributed by atoms with van der Waals surface area (Å²) in [6.07, 6.45) is 2.63. The van der Waals surface area contributed by atoms with Gasteiger partial charge in [-0.2, -0.15) is 0 Å². The van der Waals surface area contributed by atoms with Gasteiger partial charge >= 0.3 is 5.97 Å². The van der Waals surface area contributed by atoms with Crippen molar-refractivity contribution in [3.05, 3.63) is 36.0 Å². The standard InChI is InChI=1S/C21H29N3O5/c1-12(2)8-13(3)19(26)23-17(20(27)24-18(11-25)21(28)29)9-14-10-22-16-7-5-4-6-15(14)16/h4-7,10,12-13,17-18,22,25H,8-9,11H2,1-3H3,(H,23,26)(H,24,27)(H,28,29). The minimum atomic E-state index is -1.43. The zero-order chi connectivity index (χ0) is 21.6. The highest BCUT2D eigenvalue weighted by Gasteiger charge is 2.28. The smallest absolute Gasteiger partial charge is 0.328 e. The molecule has 5 N–H and O–H groups in total. The number of carbonyl (C=O) groups excluding carboxylic acids is 2. The van der Waals surface area contributed by atoms with Crippen LogP contribution >= 0.6 is 0 Å². The zero-order valence-electron chi connectivity index (χ0n) is 16.9. The number of aromatic amines is 1. The van der Waals surface area contributed by atoms with E-state index >= 15 is 0 Å². The Balaban J connectivity index is 2.23. The maximum atomic E-state index is 12.7. The Labute approximate surface area is 169 Å². The predicted molar refractivity (Wildman–Crippen MR) is 109 cm³/mol. The minimum absolute atomic E-state index is 0.188. The number of hydrogen-bond donors (Lipinski definition) is 5. The van der Waals surface area contributed by atoms with Gasteiger partial charge in [0.2, 0.25) is 11.8 Å². The van der Waals surface area contributed by atoms with E-state index in [-0.39, 0.29) is 18.2 Å². The van der Waals surface area contributed by atoms with Crippen LogP contribution in [0.2, 0.25) is 0 Å². The van der Waals surface area contributed by atoms with Crippen LogP contribution in [-0.4, -0.2) is 51.7 Å². The first-order valence-electron chi connectivity index (χ1n) is 9.72. The first kappa shape index (κ1) is 22.4. The highest BCUT2D eigenvalue weighted by atomic mass is 16.4. The van der Waals surface area contributed by atoms with Crippen LogP contribution in [0.1, 0.15) is 32.8 Å². The van der Waals surface area contributed by atoms with E-state index in [1.165, 1.54) is 0 Å². The Morgan fingerprint density at radius 1 is 1.03 bits per heavy atom. The van der Waals surface area contributed by atoms with Crippen LogP contribution in [0, 0.1) is 11.8 Å². The van der Waals surface area contributed by atoms with Crippen molar-refractivity contribution in [2.75, 3.05) is 6.61 Å². The summed E-state index contributed by atoms with van der Waals surface area (Å²) in [5.74, 6) is -2.23. The fraction of sp³-hybridized carbons (Fsp3) is 0.476. The molecule has 0 aliphatic carbocycles. The molecule has 2 amide bonds. The molecule has 29 heavy (non-hydrogen) atoms. The van der Waals surface area contributed by atoms with Crippen molar-refractivity contribution >= 4 is 28.7 Å². The van der Waals surface area contributed by atoms with Gasteiger partial charge in [-0.1, -0.05) is 39.0 Å². The van der Waals surface area contributed by atoms with Crippen LogP contribution in [-0.2, 0) is 20.8 Å². The first-order chi connectivity index (χ1) is 13.7. The minimum Gasteiger partial charge on any atom is -0.480 e. The summed E-state index contributed by atoms with van der Waals surface area (Å²) in [6, 6.07) is 5.18. The van der Waals surface area contributed by atoms with Gasteiger partial charge in [-0.3, -0.25) is 9.59 Å². The van der Waals surface area contributed by atoms with Crippen molar-refractivity contribution in [3.8, 4) is 0 Å². The molecule has 0 saturated carbocycles. The van der Waals surface area contributed by atoms with Crippen LogP contribution < -0.4 is 10.6 Å². The number of carboxylic acids is 1. The average Bonchev–Trinajstić information content (AvgIpc) is 3.07. The number of benzene rings is 1. The molecule has 1 aromatic carbocycles. The van der Waals surface area contributed by atoms with Crippen LogP contribution in [0.5, 0.6) is 0 Å². The third-order valence-electron chi connectivity index (χ3n) is 4.80. The number of amides is 2. The molecule has 8 nitrogen and oxygen atoms in total. The van der Waals surface area contributed by atoms with Gasteiger partial charge in [0.25, 0.3) is 0 Å². The van der Waals surface area contributed by atoms with Gasteiger partial charge in [0.1, 0.15) is 12.1 Å². The number of carbonyl (C=O) groups is 3. The quantitative estimate of drug-likeness (QED) is 0.410. The molecule has 0 bridgehead atoms. The van der Waals surface area contributed by atoms with Crippen molar-refractivity contribution in [2.24, 2.45) is 11.8 Å². The van der Waals surface area contributed by atoms with Gasteiger partial charge in [0.15, 0.2) is 0 Å². The number of H-pyrrole nitrogens is 1. The number of fused-ring (bicyclic) bond motifs is 1. The molecular weight excluding hydrogens is 374 g/mol. The Kier molecular flexibility index (Phi) is 7.78. The Bertz CT molecular complexity index is 861. The van der Waals surface area contributed by atoms with E-state index in [1.807, 2.05) is 38.1 Å². The summed E-state index contributed by atoms with van der Waals surface area (Å²) in [5, 5.41) is 24.3. The van der Waals surface area contributed by atoms with Crippen LogP contribution in [0.4, 0.5) is 0 Å². The second-order valence-electron chi connectivity index (χ2n) is 7.74. The second kappa shape index (κ2) is 10.1. The van der Waals surface area contributed by atoms with Crippen molar-refractivity contribution in [1.82, 2.24) is 15.6 Å². The predicted octanol–water partition coefficient (Wildman–Crippen LogP) is 1.44. The average molecular weight is 403 g/mol. The van der Waals surface area contributed by atoms with Gasteiger partial charge < -0.3 is 25.8 Å². The van der Waals surface area contributed by atoms with Crippen molar-refractivity contribution in [2.45, 2.75) is 45.7 Å². The summed E-state index contributed by atoms with van der Waals surface area (Å²) in [6.45, 7) is 5.08. The molecule has 8 heteroatoms. The largest absolute Gasteiger partial charge is 0.480 e. The lowest BCUT2D eigenvalue weighted by molar-refractivity contribution is -0.143. The lowest BCUT2D eigenvalue weighted by Gasteiger charge is -2.23. The van der Waals surface area contributed by atoms with E-state index in [0.717, 1.165) is 16.5 Å². The molecule has 0 aliphatic heterocycles. The maximum absolute atomic E-state index is 12.7. The van der Waals surface area contributed by atoms with E-state index in [2.05, 4.69) is 15.6 Å². The molecule has 0 aliphatic rings. The number of nitrogens with one attached hydrogen (secondary N) is 3. The SMILES string of the molecule is CC(C)CC(C)C(=O)NC(Cc1c[nH]c2ccccc12)C(=O)NC(CO)C(=O)O. The fourth-order valence-corrected chi connectivity index (χ4v) is 3.32. The number of hydrogen-bond acceptors (Lipinski definition) is 4. The molecule has 3 atom stereocenters. The molecular formula is C21H29N3O5. The highest BCUT2D eigenvalue weighted by molar-refractivity contribution is 5.92. The molecule has 3 unspecified atom stereocenters. The van der Waals surface area contributed by atoms with Crippen LogP contribution in [0.25, 0.3) is 10.9 Å². The van der Waals surface area contributed by atoms with E-state index < -0.39 is 30.6 Å². The molecule has 0 fully saturated rings. The summed E-state index contributed by atoms with van der Waals surface area (Å²) in [4.78, 5) is 39.7. The maximum Gasteiger partial charge on any atom is 0.328 e. The molecule has 0 radical (unpaired) electrons. The van der Waals surface area contributed by atoms with Crippen molar-refractivity contribution in [1.29, 1.82) is 0 Å². The molecule has 0 saturated heterocycles. The van der Waals surface area contributed by atoms with Crippen molar-refractivity contribution in [3.63, 3.8) is 0 Å². The zero-order valence-corrected chi connectivity index (χ0v) is 16.9. The number of aliphatic hydroxyl groups is 1. The van der Waals surface area contributed by atoms with Gasteiger partial charge in [-0.25, -0.2) is 4.79 Å². The van der Waals surface area contributed by atoms with Gasteiger partial charge in [-0.05, 0) is 24.0 Å². The summed E-state index contributed by atoms with van der Waals surface area (Å²) in [5.41, 5.74) is 1.73. The van der Waals surface area contributed by atoms with Gasteiger partial charge in [0, 0.05) is 29.4 Å². The van der Waals surface area contributed by atoms with Crippen molar-refractivity contribution < 1.29 is 24.6 Å². The van der Waals surface area contributed by atoms with Gasteiger partial charge in [-0.15, -0.1) is 0 Å². The number of aromatic nitrogens is 1. The highest BCUT2D eigenvalue weighted by Crippen LogP contribution is 2.20. The molecule has 1 heterocycles. The Hall–Kier alpha value is -2.87. The molecule has 2 aromatic rings. The monoisotopic (exact) mass is 403 g/mol. The summed E-state index contributed by atoms with van der Waals surface area (Å²) >= 11 is 0.